The average molecular weight is 463 g/mol. The number of aromatic nitrogens is 1. The first-order valence-electron chi connectivity index (χ1n) is 8.74. The number of benzene rings is 1. The second kappa shape index (κ2) is 12.0. The third kappa shape index (κ3) is 7.81. The topological polar surface area (TPSA) is 105 Å². The molecule has 0 fully saturated rings. The number of nitrogens with two attached hydrogens (primary N) is 1. The van der Waals surface area contributed by atoms with Crippen molar-refractivity contribution in [1.29, 1.82) is 0 Å². The highest BCUT2D eigenvalue weighted by atomic mass is 35.5. The molecule has 1 aromatic carbocycles. The normalized spacial score (nSPS) is 11.8. The van der Waals surface area contributed by atoms with Crippen molar-refractivity contribution in [1.82, 2.24) is 9.88 Å². The molecule has 2 rings (SSSR count). The molecule has 7 nitrogen and oxygen atoms in total. The number of carbonyl (C=O) groups excluding carboxylic acids is 1. The van der Waals surface area contributed by atoms with Crippen LogP contribution >= 0.6 is 24.8 Å². The first-order chi connectivity index (χ1) is 12.7. The number of nitrogens with one attached hydrogen (secondary N) is 1. The number of halogens is 2. The van der Waals surface area contributed by atoms with E-state index in [0.29, 0.717) is 30.1 Å². The lowest BCUT2D eigenvalue weighted by atomic mass is 10.0. The number of rotatable bonds is 8. The van der Waals surface area contributed by atoms with Crippen LogP contribution in [0.5, 0.6) is 0 Å². The van der Waals surface area contributed by atoms with Crippen LogP contribution in [0.15, 0.2) is 53.7 Å². The van der Waals surface area contributed by atoms with Gasteiger partial charge in [0.05, 0.1) is 10.6 Å². The summed E-state index contributed by atoms with van der Waals surface area (Å²) < 4.78 is 27.3. The summed E-state index contributed by atoms with van der Waals surface area (Å²) in [7, 11) is -2.01. The molecule has 0 spiro atoms. The molecule has 0 aliphatic carbocycles. The Bertz CT molecular complexity index is 863. The molecular formula is C19H28Cl2N4O3S. The van der Waals surface area contributed by atoms with Gasteiger partial charge in [-0.15, -0.1) is 24.8 Å². The third-order valence-electron chi connectivity index (χ3n) is 4.34. The number of anilines is 1. The lowest BCUT2D eigenvalue weighted by molar-refractivity contribution is 0.0789. The summed E-state index contributed by atoms with van der Waals surface area (Å²) in [4.78, 5) is 18.0. The number of nitrogens with zero attached hydrogens (tertiary/aromatic N) is 2. The number of amides is 1. The standard InChI is InChI=1S/C19H26N4O3S.2ClH/c1-14(2)18(20)10-13-23(3)19(24)15-4-6-17(7-5-15)27(25,26)22-16-8-11-21-12-9-16;;/h4-9,11-12,14,18H,10,13,20H2,1-3H3,(H,21,22);2*1H. The van der Waals surface area contributed by atoms with Crippen molar-refractivity contribution in [3.63, 3.8) is 0 Å². The molecule has 0 radical (unpaired) electrons. The highest BCUT2D eigenvalue weighted by Gasteiger charge is 2.17. The maximum Gasteiger partial charge on any atom is 0.261 e. The van der Waals surface area contributed by atoms with Gasteiger partial charge >= 0.3 is 0 Å². The fourth-order valence-corrected chi connectivity index (χ4v) is 3.47. The zero-order chi connectivity index (χ0) is 20.0. The van der Waals surface area contributed by atoms with Gasteiger partial charge in [0.2, 0.25) is 0 Å². The number of hydrogen-bond acceptors (Lipinski definition) is 5. The Balaban J connectivity index is 0.00000392. The van der Waals surface area contributed by atoms with Gasteiger partial charge in [-0.05, 0) is 48.7 Å². The van der Waals surface area contributed by atoms with Crippen LogP contribution in [0.2, 0.25) is 0 Å². The van der Waals surface area contributed by atoms with E-state index in [2.05, 4.69) is 9.71 Å². The van der Waals surface area contributed by atoms with Gasteiger partial charge in [0.1, 0.15) is 0 Å². The summed E-state index contributed by atoms with van der Waals surface area (Å²) >= 11 is 0. The summed E-state index contributed by atoms with van der Waals surface area (Å²) in [5, 5.41) is 0. The highest BCUT2D eigenvalue weighted by Crippen LogP contribution is 2.17. The molecular weight excluding hydrogens is 435 g/mol. The van der Waals surface area contributed by atoms with E-state index in [0.717, 1.165) is 0 Å². The van der Waals surface area contributed by atoms with Gasteiger partial charge in [0, 0.05) is 37.6 Å². The molecule has 0 bridgehead atoms. The summed E-state index contributed by atoms with van der Waals surface area (Å²) in [6, 6.07) is 9.03. The minimum absolute atomic E-state index is 0. The molecule has 0 saturated carbocycles. The fraction of sp³-hybridized carbons (Fsp3) is 0.368. The molecule has 0 aliphatic rings. The molecule has 1 amide bonds. The first-order valence-corrected chi connectivity index (χ1v) is 10.2. The monoisotopic (exact) mass is 462 g/mol. The van der Waals surface area contributed by atoms with Crippen LogP contribution in [0.25, 0.3) is 0 Å². The molecule has 1 unspecified atom stereocenters. The largest absolute Gasteiger partial charge is 0.342 e. The molecule has 2 aromatic rings. The van der Waals surface area contributed by atoms with Crippen molar-refractivity contribution in [3.05, 3.63) is 54.4 Å². The molecule has 1 heterocycles. The lowest BCUT2D eigenvalue weighted by Crippen LogP contribution is -2.34. The highest BCUT2D eigenvalue weighted by molar-refractivity contribution is 7.92. The van der Waals surface area contributed by atoms with E-state index in [1.165, 1.54) is 36.7 Å². The molecule has 3 N–H and O–H groups in total. The van der Waals surface area contributed by atoms with E-state index in [1.807, 2.05) is 13.8 Å². The smallest absolute Gasteiger partial charge is 0.261 e. The van der Waals surface area contributed by atoms with Gasteiger partial charge in [-0.3, -0.25) is 14.5 Å². The number of pyridine rings is 1. The van der Waals surface area contributed by atoms with Crippen molar-refractivity contribution in [3.8, 4) is 0 Å². The maximum atomic E-state index is 12.5. The van der Waals surface area contributed by atoms with Gasteiger partial charge in [-0.2, -0.15) is 0 Å². The molecule has 0 saturated heterocycles. The lowest BCUT2D eigenvalue weighted by Gasteiger charge is -2.21. The Morgan fingerprint density at radius 3 is 2.17 bits per heavy atom. The van der Waals surface area contributed by atoms with Gasteiger partial charge in [0.15, 0.2) is 0 Å². The molecule has 162 valence electrons. The first kappa shape index (κ1) is 27.1. The molecule has 29 heavy (non-hydrogen) atoms. The average Bonchev–Trinajstić information content (AvgIpc) is 2.65. The van der Waals surface area contributed by atoms with Crippen LogP contribution in [0.3, 0.4) is 0 Å². The SMILES string of the molecule is CC(C)C(N)CCN(C)C(=O)c1ccc(S(=O)(=O)Nc2ccncc2)cc1.Cl.Cl. The van der Waals surface area contributed by atoms with Crippen LogP contribution in [-0.4, -0.2) is 43.8 Å². The van der Waals surface area contributed by atoms with Crippen LogP contribution < -0.4 is 10.5 Å². The fourth-order valence-electron chi connectivity index (χ4n) is 2.41. The van der Waals surface area contributed by atoms with Crippen LogP contribution in [-0.2, 0) is 10.0 Å². The van der Waals surface area contributed by atoms with E-state index in [9.17, 15) is 13.2 Å². The van der Waals surface area contributed by atoms with Gasteiger partial charge < -0.3 is 10.6 Å². The summed E-state index contributed by atoms with van der Waals surface area (Å²) in [6.45, 7) is 4.64. The summed E-state index contributed by atoms with van der Waals surface area (Å²) in [5.74, 6) is 0.183. The third-order valence-corrected chi connectivity index (χ3v) is 5.74. The Morgan fingerprint density at radius 1 is 1.10 bits per heavy atom. The molecule has 1 atom stereocenters. The quantitative estimate of drug-likeness (QED) is 0.626. The molecule has 0 aliphatic heterocycles. The van der Waals surface area contributed by atoms with Crippen molar-refractivity contribution >= 4 is 46.4 Å². The van der Waals surface area contributed by atoms with E-state index >= 15 is 0 Å². The van der Waals surface area contributed by atoms with Gasteiger partial charge in [-0.1, -0.05) is 13.8 Å². The zero-order valence-corrected chi connectivity index (χ0v) is 19.1. The summed E-state index contributed by atoms with van der Waals surface area (Å²) in [5.41, 5.74) is 6.87. The predicted molar refractivity (Wildman–Crippen MR) is 120 cm³/mol. The van der Waals surface area contributed by atoms with Crippen molar-refractivity contribution in [2.75, 3.05) is 18.3 Å². The van der Waals surface area contributed by atoms with Crippen LogP contribution in [0.1, 0.15) is 30.6 Å². The second-order valence-corrected chi connectivity index (χ2v) is 8.47. The maximum absolute atomic E-state index is 12.5. The van der Waals surface area contributed by atoms with Gasteiger partial charge in [0.25, 0.3) is 15.9 Å². The minimum atomic E-state index is -3.73. The zero-order valence-electron chi connectivity index (χ0n) is 16.6. The summed E-state index contributed by atoms with van der Waals surface area (Å²) in [6.07, 6.45) is 3.71. The van der Waals surface area contributed by atoms with E-state index < -0.39 is 10.0 Å². The van der Waals surface area contributed by atoms with Crippen molar-refractivity contribution in [2.24, 2.45) is 11.7 Å². The van der Waals surface area contributed by atoms with Crippen molar-refractivity contribution < 1.29 is 13.2 Å². The predicted octanol–water partition coefficient (Wildman–Crippen LogP) is 3.17. The Hall–Kier alpha value is -1.87. The van der Waals surface area contributed by atoms with Crippen molar-refractivity contribution in [2.45, 2.75) is 31.2 Å². The second-order valence-electron chi connectivity index (χ2n) is 6.79. The van der Waals surface area contributed by atoms with Gasteiger partial charge in [-0.25, -0.2) is 8.42 Å². The van der Waals surface area contributed by atoms with E-state index in [4.69, 9.17) is 5.73 Å². The Morgan fingerprint density at radius 2 is 1.66 bits per heavy atom. The molecule has 1 aromatic heterocycles. The van der Waals surface area contributed by atoms with Crippen LogP contribution in [0.4, 0.5) is 5.69 Å². The Kier molecular flexibility index (Phi) is 11.2. The van der Waals surface area contributed by atoms with E-state index in [1.54, 1.807) is 24.1 Å². The minimum Gasteiger partial charge on any atom is -0.342 e. The number of hydrogen-bond donors (Lipinski definition) is 2. The van der Waals surface area contributed by atoms with E-state index in [-0.39, 0.29) is 41.7 Å². The van der Waals surface area contributed by atoms with Crippen LogP contribution in [0, 0.1) is 5.92 Å². The Labute approximate surface area is 185 Å². The number of sulfonamides is 1. The number of carbonyl (C=O) groups is 1. The molecule has 10 heteroatoms.